The van der Waals surface area contributed by atoms with Gasteiger partial charge < -0.3 is 10.4 Å². The number of nitrogens with one attached hydrogen (secondary N) is 1. The van der Waals surface area contributed by atoms with E-state index >= 15 is 0 Å². The van der Waals surface area contributed by atoms with Crippen molar-refractivity contribution in [2.24, 2.45) is 0 Å². The highest BCUT2D eigenvalue weighted by Crippen LogP contribution is 2.35. The van der Waals surface area contributed by atoms with Crippen LogP contribution in [0, 0.1) is 0 Å². The van der Waals surface area contributed by atoms with Crippen molar-refractivity contribution >= 4 is 11.8 Å². The number of thioether (sulfide) groups is 1. The summed E-state index contributed by atoms with van der Waals surface area (Å²) in [7, 11) is 1.97. The van der Waals surface area contributed by atoms with E-state index in [9.17, 15) is 5.11 Å². The molecule has 0 aromatic heterocycles. The second-order valence-electron chi connectivity index (χ2n) is 4.73. The lowest BCUT2D eigenvalue weighted by Gasteiger charge is -2.15. The smallest absolute Gasteiger partial charge is 0.0662 e. The van der Waals surface area contributed by atoms with Crippen molar-refractivity contribution in [2.75, 3.05) is 7.05 Å². The molecule has 1 aliphatic rings. The van der Waals surface area contributed by atoms with Gasteiger partial charge in [0.15, 0.2) is 0 Å². The van der Waals surface area contributed by atoms with Crippen molar-refractivity contribution in [3.8, 4) is 0 Å². The van der Waals surface area contributed by atoms with Gasteiger partial charge in [-0.25, -0.2) is 0 Å². The average molecular weight is 251 g/mol. The minimum atomic E-state index is -0.115. The van der Waals surface area contributed by atoms with Crippen LogP contribution in [-0.2, 0) is 0 Å². The highest BCUT2D eigenvalue weighted by Gasteiger charge is 2.25. The number of aliphatic hydroxyl groups excluding tert-OH is 1. The SMILES string of the molecule is CNC(C)c1ccc(SC2CCCC2O)cc1. The Labute approximate surface area is 108 Å². The van der Waals surface area contributed by atoms with Crippen LogP contribution in [0.1, 0.15) is 37.8 Å². The van der Waals surface area contributed by atoms with Gasteiger partial charge in [-0.3, -0.25) is 0 Å². The number of rotatable bonds is 4. The first kappa shape index (κ1) is 12.9. The number of hydrogen-bond acceptors (Lipinski definition) is 3. The minimum absolute atomic E-state index is 0.115. The van der Waals surface area contributed by atoms with Crippen LogP contribution in [0.3, 0.4) is 0 Å². The predicted molar refractivity (Wildman–Crippen MR) is 73.4 cm³/mol. The topological polar surface area (TPSA) is 32.3 Å². The summed E-state index contributed by atoms with van der Waals surface area (Å²) in [5.74, 6) is 0. The predicted octanol–water partition coefficient (Wildman–Crippen LogP) is 2.97. The fourth-order valence-corrected chi connectivity index (χ4v) is 3.44. The van der Waals surface area contributed by atoms with Gasteiger partial charge in [-0.15, -0.1) is 11.8 Å². The molecule has 0 aliphatic heterocycles. The Morgan fingerprint density at radius 1 is 1.29 bits per heavy atom. The molecule has 3 heteroatoms. The molecule has 1 fully saturated rings. The van der Waals surface area contributed by atoms with Crippen LogP contribution >= 0.6 is 11.8 Å². The van der Waals surface area contributed by atoms with E-state index in [1.165, 1.54) is 10.5 Å². The fourth-order valence-electron chi connectivity index (χ4n) is 2.22. The first-order chi connectivity index (χ1) is 8.20. The zero-order chi connectivity index (χ0) is 12.3. The molecule has 0 radical (unpaired) electrons. The molecule has 0 heterocycles. The van der Waals surface area contributed by atoms with E-state index in [1.807, 2.05) is 18.8 Å². The number of hydrogen-bond donors (Lipinski definition) is 2. The summed E-state index contributed by atoms with van der Waals surface area (Å²) in [6.45, 7) is 2.16. The van der Waals surface area contributed by atoms with Gasteiger partial charge in [0.25, 0.3) is 0 Å². The summed E-state index contributed by atoms with van der Waals surface area (Å²) in [4.78, 5) is 1.27. The maximum atomic E-state index is 9.80. The molecule has 1 aromatic rings. The Morgan fingerprint density at radius 3 is 2.53 bits per heavy atom. The van der Waals surface area contributed by atoms with Crippen molar-refractivity contribution < 1.29 is 5.11 Å². The largest absolute Gasteiger partial charge is 0.392 e. The van der Waals surface area contributed by atoms with Crippen molar-refractivity contribution in [3.05, 3.63) is 29.8 Å². The molecule has 2 rings (SSSR count). The molecular formula is C14H21NOS. The fraction of sp³-hybridized carbons (Fsp3) is 0.571. The standard InChI is InChI=1S/C14H21NOS/c1-10(15-2)11-6-8-12(9-7-11)17-14-5-3-4-13(14)16/h6-10,13-16H,3-5H2,1-2H3. The van der Waals surface area contributed by atoms with E-state index in [4.69, 9.17) is 0 Å². The third kappa shape index (κ3) is 3.24. The lowest BCUT2D eigenvalue weighted by molar-refractivity contribution is 0.188. The van der Waals surface area contributed by atoms with Crippen molar-refractivity contribution in [2.45, 2.75) is 48.5 Å². The summed E-state index contributed by atoms with van der Waals surface area (Å²) in [6.07, 6.45) is 3.15. The van der Waals surface area contributed by atoms with Crippen LogP contribution in [0.25, 0.3) is 0 Å². The molecule has 3 unspecified atom stereocenters. The number of aliphatic hydroxyl groups is 1. The second kappa shape index (κ2) is 5.89. The van der Waals surface area contributed by atoms with Crippen molar-refractivity contribution in [3.63, 3.8) is 0 Å². The van der Waals surface area contributed by atoms with Gasteiger partial charge in [0, 0.05) is 16.2 Å². The van der Waals surface area contributed by atoms with Crippen LogP contribution in [-0.4, -0.2) is 23.5 Å². The molecule has 0 spiro atoms. The van der Waals surface area contributed by atoms with E-state index in [0.717, 1.165) is 19.3 Å². The summed E-state index contributed by atoms with van der Waals surface area (Å²) >= 11 is 1.82. The summed E-state index contributed by atoms with van der Waals surface area (Å²) in [5.41, 5.74) is 1.31. The molecule has 0 bridgehead atoms. The molecule has 1 aromatic carbocycles. The highest BCUT2D eigenvalue weighted by molar-refractivity contribution is 8.00. The van der Waals surface area contributed by atoms with Gasteiger partial charge in [0.2, 0.25) is 0 Å². The van der Waals surface area contributed by atoms with Gasteiger partial charge in [-0.2, -0.15) is 0 Å². The van der Waals surface area contributed by atoms with Gasteiger partial charge >= 0.3 is 0 Å². The van der Waals surface area contributed by atoms with Gasteiger partial charge in [-0.05, 0) is 50.9 Å². The van der Waals surface area contributed by atoms with Crippen LogP contribution < -0.4 is 5.32 Å². The van der Waals surface area contributed by atoms with Crippen LogP contribution in [0.5, 0.6) is 0 Å². The number of benzene rings is 1. The third-order valence-corrected chi connectivity index (χ3v) is 4.92. The first-order valence-corrected chi connectivity index (χ1v) is 7.20. The van der Waals surface area contributed by atoms with Gasteiger partial charge in [-0.1, -0.05) is 12.1 Å². The quantitative estimate of drug-likeness (QED) is 0.863. The van der Waals surface area contributed by atoms with E-state index in [2.05, 4.69) is 36.5 Å². The van der Waals surface area contributed by atoms with E-state index in [0.29, 0.717) is 11.3 Å². The van der Waals surface area contributed by atoms with Crippen molar-refractivity contribution in [1.29, 1.82) is 0 Å². The van der Waals surface area contributed by atoms with E-state index < -0.39 is 0 Å². The normalized spacial score (nSPS) is 26.1. The maximum Gasteiger partial charge on any atom is 0.0662 e. The summed E-state index contributed by atoms with van der Waals surface area (Å²) in [5, 5.41) is 13.4. The highest BCUT2D eigenvalue weighted by atomic mass is 32.2. The van der Waals surface area contributed by atoms with E-state index in [1.54, 1.807) is 0 Å². The Morgan fingerprint density at radius 2 is 2.00 bits per heavy atom. The summed E-state index contributed by atoms with van der Waals surface area (Å²) < 4.78 is 0. The Bertz CT molecular complexity index is 352. The monoisotopic (exact) mass is 251 g/mol. The molecule has 1 aliphatic carbocycles. The first-order valence-electron chi connectivity index (χ1n) is 6.32. The Hall–Kier alpha value is -0.510. The lowest BCUT2D eigenvalue weighted by atomic mass is 10.1. The van der Waals surface area contributed by atoms with Crippen LogP contribution in [0.15, 0.2) is 29.2 Å². The average Bonchev–Trinajstić information content (AvgIpc) is 2.75. The Balaban J connectivity index is 1.98. The zero-order valence-electron chi connectivity index (χ0n) is 10.5. The molecule has 3 atom stereocenters. The third-order valence-electron chi connectivity index (χ3n) is 3.52. The molecule has 2 nitrogen and oxygen atoms in total. The molecule has 17 heavy (non-hydrogen) atoms. The molecule has 0 amide bonds. The van der Waals surface area contributed by atoms with Gasteiger partial charge in [0.05, 0.1) is 6.10 Å². The van der Waals surface area contributed by atoms with Crippen LogP contribution in [0.2, 0.25) is 0 Å². The minimum Gasteiger partial charge on any atom is -0.392 e. The van der Waals surface area contributed by atoms with Crippen LogP contribution in [0.4, 0.5) is 0 Å². The molecule has 1 saturated carbocycles. The second-order valence-corrected chi connectivity index (χ2v) is 6.05. The van der Waals surface area contributed by atoms with E-state index in [-0.39, 0.29) is 6.10 Å². The Kier molecular flexibility index (Phi) is 4.48. The lowest BCUT2D eigenvalue weighted by Crippen LogP contribution is -2.15. The summed E-state index contributed by atoms with van der Waals surface area (Å²) in [6, 6.07) is 9.07. The maximum absolute atomic E-state index is 9.80. The molecular weight excluding hydrogens is 230 g/mol. The molecule has 0 saturated heterocycles. The molecule has 94 valence electrons. The van der Waals surface area contributed by atoms with Gasteiger partial charge in [0.1, 0.15) is 0 Å². The van der Waals surface area contributed by atoms with Crippen molar-refractivity contribution in [1.82, 2.24) is 5.32 Å². The molecule has 2 N–H and O–H groups in total. The zero-order valence-corrected chi connectivity index (χ0v) is 11.3.